The Hall–Kier alpha value is -4.50. The fourth-order valence-corrected chi connectivity index (χ4v) is 3.75. The maximum absolute atomic E-state index is 13.2. The Labute approximate surface area is 222 Å². The van der Waals surface area contributed by atoms with Crippen molar-refractivity contribution in [2.75, 3.05) is 0 Å². The lowest BCUT2D eigenvalue weighted by Gasteiger charge is -2.26. The molecule has 0 aliphatic heterocycles. The van der Waals surface area contributed by atoms with Gasteiger partial charge in [0.05, 0.1) is 18.6 Å². The molecule has 39 heavy (non-hydrogen) atoms. The predicted octanol–water partition coefficient (Wildman–Crippen LogP) is -2.30. The van der Waals surface area contributed by atoms with E-state index in [4.69, 9.17) is 16.6 Å². The standard InChI is InChI=1S/C24H32N6O9/c1-11(31)20(30-21(35)14(25)9-19(33)34)23(37)29-17(8-12-10-27-15-5-3-2-4-13(12)15)22(36)28-16(24(38)39)6-7-18(26)32/h2-5,10-11,14,16-17,20,27,31H,6-9,25H2,1H3,(H2,26,32)(H,28,36)(H,29,37)(H,30,35)(H,33,34)(H,38,39). The maximum Gasteiger partial charge on any atom is 0.326 e. The molecule has 1 heterocycles. The molecule has 15 nitrogen and oxygen atoms in total. The van der Waals surface area contributed by atoms with E-state index in [1.807, 2.05) is 0 Å². The van der Waals surface area contributed by atoms with Crippen molar-refractivity contribution >= 4 is 46.5 Å². The van der Waals surface area contributed by atoms with E-state index in [2.05, 4.69) is 20.9 Å². The number of carbonyl (C=O) groups is 6. The zero-order chi connectivity index (χ0) is 29.3. The van der Waals surface area contributed by atoms with Gasteiger partial charge in [0.1, 0.15) is 18.1 Å². The molecular formula is C24H32N6O9. The van der Waals surface area contributed by atoms with E-state index in [9.17, 15) is 39.0 Å². The van der Waals surface area contributed by atoms with E-state index < -0.39 is 72.3 Å². The molecule has 0 aliphatic carbocycles. The molecule has 15 heteroatoms. The number of rotatable bonds is 15. The molecule has 5 unspecified atom stereocenters. The topological polar surface area (TPSA) is 267 Å². The second-order valence-electron chi connectivity index (χ2n) is 8.96. The van der Waals surface area contributed by atoms with Crippen LogP contribution in [0.3, 0.4) is 0 Å². The first kappa shape index (κ1) is 30.7. The van der Waals surface area contributed by atoms with E-state index in [0.717, 1.165) is 10.9 Å². The van der Waals surface area contributed by atoms with Gasteiger partial charge in [0, 0.05) is 29.9 Å². The van der Waals surface area contributed by atoms with Gasteiger partial charge < -0.3 is 47.7 Å². The number of fused-ring (bicyclic) bond motifs is 1. The Balaban J connectivity index is 2.31. The van der Waals surface area contributed by atoms with Crippen molar-refractivity contribution < 1.29 is 44.1 Å². The average Bonchev–Trinajstić information content (AvgIpc) is 3.26. The third kappa shape index (κ3) is 9.08. The highest BCUT2D eigenvalue weighted by molar-refractivity contribution is 5.95. The highest BCUT2D eigenvalue weighted by Crippen LogP contribution is 2.19. The summed E-state index contributed by atoms with van der Waals surface area (Å²) in [5.74, 6) is -6.49. The number of carboxylic acids is 2. The van der Waals surface area contributed by atoms with Gasteiger partial charge in [-0.3, -0.25) is 24.0 Å². The number of aromatic nitrogens is 1. The van der Waals surface area contributed by atoms with Gasteiger partial charge in [-0.25, -0.2) is 4.79 Å². The summed E-state index contributed by atoms with van der Waals surface area (Å²) in [6.07, 6.45) is -1.33. The molecule has 0 fully saturated rings. The van der Waals surface area contributed by atoms with Crippen molar-refractivity contribution in [2.24, 2.45) is 11.5 Å². The van der Waals surface area contributed by atoms with Crippen LogP contribution in [0.1, 0.15) is 31.7 Å². The fourth-order valence-electron chi connectivity index (χ4n) is 3.75. The summed E-state index contributed by atoms with van der Waals surface area (Å²) in [6.45, 7) is 1.19. The van der Waals surface area contributed by atoms with Crippen LogP contribution in [0.2, 0.25) is 0 Å². The highest BCUT2D eigenvalue weighted by Gasteiger charge is 2.33. The Morgan fingerprint density at radius 1 is 0.949 bits per heavy atom. The summed E-state index contributed by atoms with van der Waals surface area (Å²) in [5.41, 5.74) is 11.9. The minimum atomic E-state index is -1.62. The van der Waals surface area contributed by atoms with Gasteiger partial charge in [0.15, 0.2) is 0 Å². The highest BCUT2D eigenvalue weighted by atomic mass is 16.4. The monoisotopic (exact) mass is 548 g/mol. The van der Waals surface area contributed by atoms with Gasteiger partial charge in [-0.05, 0) is 25.0 Å². The smallest absolute Gasteiger partial charge is 0.326 e. The summed E-state index contributed by atoms with van der Waals surface area (Å²) in [5, 5.41) is 36.0. The van der Waals surface area contributed by atoms with Crippen LogP contribution < -0.4 is 27.4 Å². The normalized spacial score (nSPS) is 14.8. The number of hydrogen-bond acceptors (Lipinski definition) is 8. The van der Waals surface area contributed by atoms with Crippen LogP contribution in [0.25, 0.3) is 10.9 Å². The van der Waals surface area contributed by atoms with E-state index in [1.165, 1.54) is 6.92 Å². The third-order valence-corrected chi connectivity index (χ3v) is 5.82. The van der Waals surface area contributed by atoms with Crippen LogP contribution in [0.4, 0.5) is 0 Å². The van der Waals surface area contributed by atoms with Crippen molar-refractivity contribution in [3.63, 3.8) is 0 Å². The minimum Gasteiger partial charge on any atom is -0.481 e. The number of primary amides is 1. The first-order valence-electron chi connectivity index (χ1n) is 11.9. The van der Waals surface area contributed by atoms with Gasteiger partial charge in [0.2, 0.25) is 23.6 Å². The number of para-hydroxylation sites is 1. The molecule has 0 saturated carbocycles. The number of H-pyrrole nitrogens is 1. The molecule has 1 aromatic heterocycles. The van der Waals surface area contributed by atoms with E-state index in [0.29, 0.717) is 5.56 Å². The molecule has 0 spiro atoms. The number of hydrogen-bond donors (Lipinski definition) is 9. The van der Waals surface area contributed by atoms with Gasteiger partial charge in [-0.2, -0.15) is 0 Å². The average molecular weight is 549 g/mol. The summed E-state index contributed by atoms with van der Waals surface area (Å²) in [7, 11) is 0. The van der Waals surface area contributed by atoms with Gasteiger partial charge in [-0.1, -0.05) is 18.2 Å². The molecule has 2 rings (SSSR count). The van der Waals surface area contributed by atoms with Crippen LogP contribution in [0.5, 0.6) is 0 Å². The SMILES string of the molecule is CC(O)C(NC(=O)C(N)CC(=O)O)C(=O)NC(Cc1c[nH]c2ccccc12)C(=O)NC(CCC(N)=O)C(=O)O. The minimum absolute atomic E-state index is 0.122. The Bertz CT molecular complexity index is 1230. The second kappa shape index (κ2) is 13.9. The number of nitrogens with one attached hydrogen (secondary N) is 4. The van der Waals surface area contributed by atoms with E-state index in [-0.39, 0.29) is 19.3 Å². The number of aromatic amines is 1. The lowest BCUT2D eigenvalue weighted by Crippen LogP contribution is -2.60. The quantitative estimate of drug-likeness (QED) is 0.115. The fraction of sp³-hybridized carbons (Fsp3) is 0.417. The van der Waals surface area contributed by atoms with Crippen LogP contribution in [0, 0.1) is 0 Å². The Kier molecular flexibility index (Phi) is 10.9. The van der Waals surface area contributed by atoms with Crippen molar-refractivity contribution in [1.82, 2.24) is 20.9 Å². The lowest BCUT2D eigenvalue weighted by molar-refractivity contribution is -0.142. The van der Waals surface area contributed by atoms with E-state index in [1.54, 1.807) is 30.5 Å². The number of aliphatic hydroxyl groups is 1. The van der Waals surface area contributed by atoms with E-state index >= 15 is 0 Å². The van der Waals surface area contributed by atoms with Crippen molar-refractivity contribution in [2.45, 2.75) is 62.9 Å². The van der Waals surface area contributed by atoms with Gasteiger partial charge in [0.25, 0.3) is 0 Å². The van der Waals surface area contributed by atoms with Gasteiger partial charge >= 0.3 is 11.9 Å². The van der Waals surface area contributed by atoms with Crippen molar-refractivity contribution in [1.29, 1.82) is 0 Å². The number of benzene rings is 1. The number of carboxylic acid groups (broad SMARTS) is 2. The molecule has 0 aliphatic rings. The second-order valence-corrected chi connectivity index (χ2v) is 8.96. The van der Waals surface area contributed by atoms with Crippen molar-refractivity contribution in [3.05, 3.63) is 36.0 Å². The first-order chi connectivity index (χ1) is 18.3. The predicted molar refractivity (Wildman–Crippen MR) is 136 cm³/mol. The molecule has 11 N–H and O–H groups in total. The molecular weight excluding hydrogens is 516 g/mol. The summed E-state index contributed by atoms with van der Waals surface area (Å²) in [6, 6.07) is 1.09. The number of aliphatic hydroxyl groups excluding tert-OH is 1. The molecule has 212 valence electrons. The Morgan fingerprint density at radius 3 is 2.18 bits per heavy atom. The molecule has 0 radical (unpaired) electrons. The van der Waals surface area contributed by atoms with Crippen LogP contribution in [-0.4, -0.2) is 86.1 Å². The lowest BCUT2D eigenvalue weighted by atomic mass is 10.0. The molecule has 0 saturated heterocycles. The van der Waals surface area contributed by atoms with Gasteiger partial charge in [-0.15, -0.1) is 0 Å². The molecule has 2 aromatic rings. The van der Waals surface area contributed by atoms with Crippen LogP contribution in [0.15, 0.2) is 30.5 Å². The largest absolute Gasteiger partial charge is 0.481 e. The number of amides is 4. The molecule has 5 atom stereocenters. The number of nitrogens with two attached hydrogens (primary N) is 2. The maximum atomic E-state index is 13.2. The summed E-state index contributed by atoms with van der Waals surface area (Å²) in [4.78, 5) is 75.2. The molecule has 0 bridgehead atoms. The molecule has 4 amide bonds. The van der Waals surface area contributed by atoms with Crippen molar-refractivity contribution in [3.8, 4) is 0 Å². The first-order valence-corrected chi connectivity index (χ1v) is 11.9. The number of aliphatic carboxylic acids is 2. The molecule has 1 aromatic carbocycles. The summed E-state index contributed by atoms with van der Waals surface area (Å²) < 4.78 is 0. The van der Waals surface area contributed by atoms with Crippen LogP contribution in [-0.2, 0) is 35.2 Å². The zero-order valence-electron chi connectivity index (χ0n) is 21.0. The van der Waals surface area contributed by atoms with Crippen LogP contribution >= 0.6 is 0 Å². The third-order valence-electron chi connectivity index (χ3n) is 5.82. The number of carbonyl (C=O) groups excluding carboxylic acids is 4. The Morgan fingerprint density at radius 2 is 1.59 bits per heavy atom. The zero-order valence-corrected chi connectivity index (χ0v) is 21.0. The summed E-state index contributed by atoms with van der Waals surface area (Å²) >= 11 is 0.